The van der Waals surface area contributed by atoms with E-state index >= 15 is 0 Å². The molecule has 0 aliphatic rings. The monoisotopic (exact) mass is 947 g/mol. The van der Waals surface area contributed by atoms with Crippen molar-refractivity contribution in [3.05, 3.63) is 0 Å². The lowest BCUT2D eigenvalue weighted by atomic mass is 9.85. The minimum Gasteiger partial charge on any atom is -0.420 e. The molecule has 0 radical (unpaired) electrons. The summed E-state index contributed by atoms with van der Waals surface area (Å²) in [6.45, 7) is 18.8. The van der Waals surface area contributed by atoms with Crippen LogP contribution in [0.3, 0.4) is 0 Å². The van der Waals surface area contributed by atoms with Gasteiger partial charge in [-0.2, -0.15) is 0 Å². The molecule has 0 bridgehead atoms. The number of aliphatic hydroxyl groups is 8. The summed E-state index contributed by atoms with van der Waals surface area (Å²) < 4.78 is 50.1. The van der Waals surface area contributed by atoms with Crippen LogP contribution in [0.15, 0.2) is 0 Å². The zero-order valence-electron chi connectivity index (χ0n) is 42.1. The molecule has 4 atom stereocenters. The van der Waals surface area contributed by atoms with Crippen LogP contribution in [0.25, 0.3) is 0 Å². The van der Waals surface area contributed by atoms with Crippen LogP contribution in [-0.2, 0) is 37.6 Å². The van der Waals surface area contributed by atoms with Crippen LogP contribution in [0.4, 0.5) is 0 Å². The highest BCUT2D eigenvalue weighted by molar-refractivity contribution is 6.71. The molecule has 0 aliphatic carbocycles. The summed E-state index contributed by atoms with van der Waals surface area (Å²) in [7, 11) is -0.0132. The molecular weight excluding hydrogens is 849 g/mol. The number of ether oxygens (including phenoxy) is 7. The largest absolute Gasteiger partial charge is 0.420 e. The van der Waals surface area contributed by atoms with Gasteiger partial charge in [0.05, 0.1) is 132 Å². The summed E-state index contributed by atoms with van der Waals surface area (Å²) in [6, 6.07) is 0.948. The Bertz CT molecular complexity index is 1110. The second-order valence-electron chi connectivity index (χ2n) is 19.8. The maximum Gasteiger partial charge on any atom is 0.186 e. The topological polar surface area (TPSA) is 236 Å². The molecule has 4 unspecified atom stereocenters. The first kappa shape index (κ1) is 63.6. The van der Waals surface area contributed by atoms with Gasteiger partial charge in [-0.1, -0.05) is 48.5 Å². The minimum absolute atomic E-state index is 0.114. The molecule has 16 nitrogen and oxygen atoms in total. The van der Waals surface area contributed by atoms with E-state index in [-0.39, 0.29) is 126 Å². The number of aliphatic hydroxyl groups excluding tert-OH is 8. The molecule has 0 fully saturated rings. The Morgan fingerprint density at radius 2 is 0.625 bits per heavy atom. The van der Waals surface area contributed by atoms with Crippen molar-refractivity contribution in [2.45, 2.75) is 125 Å². The molecule has 0 aromatic carbocycles. The van der Waals surface area contributed by atoms with E-state index in [1.54, 1.807) is 7.11 Å². The van der Waals surface area contributed by atoms with Gasteiger partial charge in [-0.15, -0.1) is 0 Å². The molecule has 0 saturated heterocycles. The van der Waals surface area contributed by atoms with Crippen molar-refractivity contribution in [2.24, 2.45) is 32.5 Å². The van der Waals surface area contributed by atoms with Crippen LogP contribution in [0.5, 0.6) is 0 Å². The third-order valence-electron chi connectivity index (χ3n) is 14.5. The summed E-state index contributed by atoms with van der Waals surface area (Å²) in [5.41, 5.74) is -5.49. The molecule has 0 aliphatic heterocycles. The Balaban J connectivity index is 6.33. The van der Waals surface area contributed by atoms with E-state index in [1.807, 2.05) is 41.5 Å². The maximum atomic E-state index is 10.8. The Morgan fingerprint density at radius 3 is 0.891 bits per heavy atom. The van der Waals surface area contributed by atoms with Gasteiger partial charge in [0.1, 0.15) is 5.60 Å². The van der Waals surface area contributed by atoms with Crippen molar-refractivity contribution in [3.63, 3.8) is 0 Å². The zero-order chi connectivity index (χ0) is 48.9. The highest BCUT2D eigenvalue weighted by atomic mass is 28.4. The zero-order valence-corrected chi connectivity index (χ0v) is 43.1. The van der Waals surface area contributed by atoms with Gasteiger partial charge in [-0.3, -0.25) is 0 Å². The minimum atomic E-state index is -1.77. The molecule has 0 spiro atoms. The first-order chi connectivity index (χ1) is 30.4. The van der Waals surface area contributed by atoms with Crippen LogP contribution in [-0.4, -0.2) is 201 Å². The summed E-state index contributed by atoms with van der Waals surface area (Å²) in [5, 5.41) is 81.5. The standard InChI is InChI=1S/C47H98O16Si/c1-11-41(21-48,22-49)29-58-31-43(13-3,25-52)32-60-33-44(14-4,26-53)34-61-36-45(15-5,35-57-19-18-20-64(9,10)56-8)37-62-39-46(16-6,40-63-47(17-7,27-54)28-55)38-59-30-42(12-2,23-50)24-51/h48-55H,11-40H2,1-10H3. The second-order valence-corrected chi connectivity index (χ2v) is 24.2. The Hall–Kier alpha value is -0.423. The molecule has 0 aromatic rings. The molecule has 0 saturated carbocycles. The van der Waals surface area contributed by atoms with Crippen molar-refractivity contribution in [1.29, 1.82) is 0 Å². The first-order valence-corrected chi connectivity index (χ1v) is 27.1. The molecule has 386 valence electrons. The fourth-order valence-corrected chi connectivity index (χ4v) is 8.08. The average Bonchev–Trinajstić information content (AvgIpc) is 3.33. The Morgan fingerprint density at radius 1 is 0.344 bits per heavy atom. The Kier molecular flexibility index (Phi) is 32.2. The van der Waals surface area contributed by atoms with Crippen molar-refractivity contribution < 1.29 is 78.4 Å². The lowest BCUT2D eigenvalue weighted by molar-refractivity contribution is -0.169. The van der Waals surface area contributed by atoms with Gasteiger partial charge in [0.2, 0.25) is 0 Å². The van der Waals surface area contributed by atoms with Crippen molar-refractivity contribution in [2.75, 3.05) is 146 Å². The van der Waals surface area contributed by atoms with E-state index < -0.39 is 46.4 Å². The summed E-state index contributed by atoms with van der Waals surface area (Å²) in [6.07, 6.45) is 4.61. The van der Waals surface area contributed by atoms with Crippen LogP contribution < -0.4 is 0 Å². The number of hydrogen-bond acceptors (Lipinski definition) is 16. The predicted molar refractivity (Wildman–Crippen MR) is 251 cm³/mol. The van der Waals surface area contributed by atoms with Crippen molar-refractivity contribution >= 4 is 8.32 Å². The van der Waals surface area contributed by atoms with E-state index in [9.17, 15) is 40.9 Å². The van der Waals surface area contributed by atoms with Crippen LogP contribution in [0.2, 0.25) is 19.1 Å². The highest BCUT2D eigenvalue weighted by Crippen LogP contribution is 2.34. The summed E-state index contributed by atoms with van der Waals surface area (Å²) in [4.78, 5) is 0. The molecule has 0 heterocycles. The SMILES string of the molecule is CCC(CO)(CO)COCC(CC)(CO)COCC(CC)(CO)COCC(CC)(COCCC[Si](C)(C)OC)COCC(CC)(COCC(CC)(CO)CO)COC(CC)(CO)CO. The quantitative estimate of drug-likeness (QED) is 0.0320. The Labute approximate surface area is 388 Å². The van der Waals surface area contributed by atoms with Gasteiger partial charge in [0, 0.05) is 46.2 Å². The lowest BCUT2D eigenvalue weighted by Gasteiger charge is -2.40. The number of hydrogen-bond donors (Lipinski definition) is 8. The normalized spacial score (nSPS) is 17.0. The fraction of sp³-hybridized carbons (Fsp3) is 1.00. The second kappa shape index (κ2) is 32.4. The predicted octanol–water partition coefficient (Wildman–Crippen LogP) is 3.81. The van der Waals surface area contributed by atoms with Crippen LogP contribution in [0, 0.1) is 32.5 Å². The van der Waals surface area contributed by atoms with Crippen molar-refractivity contribution in [1.82, 2.24) is 0 Å². The van der Waals surface area contributed by atoms with Gasteiger partial charge < -0.3 is 78.4 Å². The molecule has 17 heteroatoms. The fourth-order valence-electron chi connectivity index (χ4n) is 6.88. The third kappa shape index (κ3) is 20.7. The van der Waals surface area contributed by atoms with Gasteiger partial charge in [-0.05, 0) is 70.5 Å². The summed E-state index contributed by atoms with van der Waals surface area (Å²) in [5.74, 6) is 0. The van der Waals surface area contributed by atoms with E-state index in [4.69, 9.17) is 37.6 Å². The molecule has 64 heavy (non-hydrogen) atoms. The van der Waals surface area contributed by atoms with Gasteiger partial charge >= 0.3 is 0 Å². The smallest absolute Gasteiger partial charge is 0.186 e. The molecule has 0 aromatic heterocycles. The van der Waals surface area contributed by atoms with Gasteiger partial charge in [0.25, 0.3) is 0 Å². The maximum absolute atomic E-state index is 10.8. The van der Waals surface area contributed by atoms with Gasteiger partial charge in [-0.25, -0.2) is 0 Å². The lowest BCUT2D eigenvalue weighted by Crippen LogP contribution is -2.47. The molecule has 0 rings (SSSR count). The molecule has 0 amide bonds. The van der Waals surface area contributed by atoms with Crippen LogP contribution >= 0.6 is 0 Å². The molecule has 8 N–H and O–H groups in total. The first-order valence-electron chi connectivity index (χ1n) is 23.9. The van der Waals surface area contributed by atoms with E-state index in [2.05, 4.69) is 20.0 Å². The van der Waals surface area contributed by atoms with E-state index in [0.29, 0.717) is 58.2 Å². The third-order valence-corrected chi connectivity index (χ3v) is 17.2. The van der Waals surface area contributed by atoms with E-state index in [0.717, 1.165) is 12.5 Å². The van der Waals surface area contributed by atoms with Crippen molar-refractivity contribution in [3.8, 4) is 0 Å². The molecular formula is C47H98O16Si. The van der Waals surface area contributed by atoms with Gasteiger partial charge in [0.15, 0.2) is 8.32 Å². The van der Waals surface area contributed by atoms with Crippen LogP contribution in [0.1, 0.15) is 99.8 Å². The average molecular weight is 947 g/mol. The number of rotatable bonds is 45. The summed E-state index contributed by atoms with van der Waals surface area (Å²) >= 11 is 0. The highest BCUT2D eigenvalue weighted by Gasteiger charge is 2.40. The van der Waals surface area contributed by atoms with E-state index in [1.165, 1.54) is 0 Å².